The number of para-hydroxylation sites is 1. The standard InChI is InChI=1S/C24H23BrN4O2S/c25-15-11-12-19-18(13-15)21-22(27-19)23(31)29(17-9-5-2-6-10-17)24(28-21)32-14-20(30)26-16-7-3-1-4-8-16/h2,5-6,9-13,16,27H,1,3-4,7-8,14H2,(H,26,30). The summed E-state index contributed by atoms with van der Waals surface area (Å²) in [7, 11) is 0. The molecule has 2 aromatic carbocycles. The first-order chi connectivity index (χ1) is 15.6. The van der Waals surface area contributed by atoms with E-state index in [2.05, 4.69) is 26.2 Å². The molecule has 2 heterocycles. The summed E-state index contributed by atoms with van der Waals surface area (Å²) in [5.41, 5.74) is 2.47. The molecule has 1 aliphatic rings. The number of amides is 1. The molecule has 164 valence electrons. The third kappa shape index (κ3) is 4.21. The number of carbonyl (C=O) groups excluding carboxylic acids is 1. The van der Waals surface area contributed by atoms with Crippen molar-refractivity contribution in [1.29, 1.82) is 0 Å². The average Bonchev–Trinajstić information content (AvgIpc) is 3.17. The Morgan fingerprint density at radius 2 is 1.94 bits per heavy atom. The molecule has 0 bridgehead atoms. The number of thioether (sulfide) groups is 1. The highest BCUT2D eigenvalue weighted by Gasteiger charge is 2.20. The highest BCUT2D eigenvalue weighted by Crippen LogP contribution is 2.28. The van der Waals surface area contributed by atoms with Crippen LogP contribution >= 0.6 is 27.7 Å². The second-order valence-electron chi connectivity index (χ2n) is 8.10. The van der Waals surface area contributed by atoms with Gasteiger partial charge in [0.1, 0.15) is 11.0 Å². The van der Waals surface area contributed by atoms with Gasteiger partial charge in [-0.1, -0.05) is 65.2 Å². The predicted molar refractivity (Wildman–Crippen MR) is 133 cm³/mol. The second-order valence-corrected chi connectivity index (χ2v) is 9.96. The van der Waals surface area contributed by atoms with E-state index in [1.54, 1.807) is 4.57 Å². The molecule has 6 nitrogen and oxygen atoms in total. The number of hydrogen-bond donors (Lipinski definition) is 2. The van der Waals surface area contributed by atoms with Crippen molar-refractivity contribution < 1.29 is 4.79 Å². The predicted octanol–water partition coefficient (Wildman–Crippen LogP) is 5.17. The number of rotatable bonds is 5. The summed E-state index contributed by atoms with van der Waals surface area (Å²) in [5, 5.41) is 4.53. The number of carbonyl (C=O) groups is 1. The minimum absolute atomic E-state index is 0.0162. The highest BCUT2D eigenvalue weighted by molar-refractivity contribution is 9.10. The van der Waals surface area contributed by atoms with E-state index in [1.807, 2.05) is 48.5 Å². The van der Waals surface area contributed by atoms with Gasteiger partial charge in [-0.05, 0) is 43.2 Å². The highest BCUT2D eigenvalue weighted by atomic mass is 79.9. The summed E-state index contributed by atoms with van der Waals surface area (Å²) >= 11 is 4.80. The van der Waals surface area contributed by atoms with Crippen LogP contribution in [-0.4, -0.2) is 32.2 Å². The van der Waals surface area contributed by atoms with Crippen LogP contribution in [0.2, 0.25) is 0 Å². The quantitative estimate of drug-likeness (QED) is 0.286. The lowest BCUT2D eigenvalue weighted by Gasteiger charge is -2.22. The van der Waals surface area contributed by atoms with E-state index in [1.165, 1.54) is 31.0 Å². The van der Waals surface area contributed by atoms with Crippen molar-refractivity contribution in [2.45, 2.75) is 43.3 Å². The van der Waals surface area contributed by atoms with Crippen LogP contribution in [0.4, 0.5) is 0 Å². The number of hydrogen-bond acceptors (Lipinski definition) is 4. The Balaban J connectivity index is 1.54. The van der Waals surface area contributed by atoms with Gasteiger partial charge < -0.3 is 10.3 Å². The molecule has 0 unspecified atom stereocenters. The fraction of sp³-hybridized carbons (Fsp3) is 0.292. The molecule has 2 aromatic heterocycles. The third-order valence-corrected chi connectivity index (χ3v) is 7.30. The normalized spacial score (nSPS) is 14.8. The van der Waals surface area contributed by atoms with Gasteiger partial charge in [0, 0.05) is 21.4 Å². The van der Waals surface area contributed by atoms with Crippen LogP contribution in [0.5, 0.6) is 0 Å². The zero-order chi connectivity index (χ0) is 22.1. The van der Waals surface area contributed by atoms with Gasteiger partial charge in [-0.2, -0.15) is 0 Å². The van der Waals surface area contributed by atoms with Gasteiger partial charge in [0.2, 0.25) is 5.91 Å². The monoisotopic (exact) mass is 510 g/mol. The summed E-state index contributed by atoms with van der Waals surface area (Å²) in [6.07, 6.45) is 5.66. The molecule has 0 radical (unpaired) electrons. The molecular formula is C24H23BrN4O2S. The molecule has 8 heteroatoms. The third-order valence-electron chi connectivity index (χ3n) is 5.87. The molecule has 1 fully saturated rings. The van der Waals surface area contributed by atoms with Gasteiger partial charge in [-0.15, -0.1) is 0 Å². The van der Waals surface area contributed by atoms with E-state index < -0.39 is 0 Å². The van der Waals surface area contributed by atoms with Gasteiger partial charge in [0.15, 0.2) is 5.16 Å². The molecule has 32 heavy (non-hydrogen) atoms. The number of H-pyrrole nitrogens is 1. The minimum Gasteiger partial charge on any atom is -0.353 e. The summed E-state index contributed by atoms with van der Waals surface area (Å²) in [5.74, 6) is 0.199. The number of nitrogens with one attached hydrogen (secondary N) is 2. The van der Waals surface area contributed by atoms with Gasteiger partial charge in [0.25, 0.3) is 5.56 Å². The van der Waals surface area contributed by atoms with Crippen molar-refractivity contribution in [1.82, 2.24) is 19.9 Å². The lowest BCUT2D eigenvalue weighted by atomic mass is 9.95. The summed E-state index contributed by atoms with van der Waals surface area (Å²) in [4.78, 5) is 34.2. The molecule has 4 aromatic rings. The fourth-order valence-electron chi connectivity index (χ4n) is 4.31. The van der Waals surface area contributed by atoms with E-state index in [9.17, 15) is 9.59 Å². The van der Waals surface area contributed by atoms with Crippen LogP contribution in [0.15, 0.2) is 63.0 Å². The first-order valence-electron chi connectivity index (χ1n) is 10.8. The number of nitrogens with zero attached hydrogens (tertiary/aromatic N) is 2. The van der Waals surface area contributed by atoms with Gasteiger partial charge in [-0.3, -0.25) is 14.2 Å². The number of benzene rings is 2. The Labute approximate surface area is 197 Å². The largest absolute Gasteiger partial charge is 0.353 e. The van der Waals surface area contributed by atoms with Crippen LogP contribution in [0.1, 0.15) is 32.1 Å². The molecule has 0 atom stereocenters. The van der Waals surface area contributed by atoms with Crippen LogP contribution in [0, 0.1) is 0 Å². The molecule has 0 saturated heterocycles. The fourth-order valence-corrected chi connectivity index (χ4v) is 5.49. The summed E-state index contributed by atoms with van der Waals surface area (Å²) in [6, 6.07) is 15.5. The van der Waals surface area contributed by atoms with Crippen molar-refractivity contribution in [2.24, 2.45) is 0 Å². The van der Waals surface area contributed by atoms with Crippen molar-refractivity contribution >= 4 is 55.5 Å². The molecular weight excluding hydrogens is 488 g/mol. The van der Waals surface area contributed by atoms with Crippen molar-refractivity contribution in [3.8, 4) is 5.69 Å². The van der Waals surface area contributed by atoms with E-state index >= 15 is 0 Å². The van der Waals surface area contributed by atoms with Crippen LogP contribution in [-0.2, 0) is 4.79 Å². The Morgan fingerprint density at radius 1 is 1.16 bits per heavy atom. The van der Waals surface area contributed by atoms with Crippen LogP contribution < -0.4 is 10.9 Å². The van der Waals surface area contributed by atoms with Crippen molar-refractivity contribution in [3.63, 3.8) is 0 Å². The number of halogens is 1. The smallest absolute Gasteiger partial charge is 0.283 e. The summed E-state index contributed by atoms with van der Waals surface area (Å²) in [6.45, 7) is 0. The molecule has 1 amide bonds. The maximum Gasteiger partial charge on any atom is 0.283 e. The van der Waals surface area contributed by atoms with Crippen molar-refractivity contribution in [3.05, 3.63) is 63.4 Å². The number of aromatic nitrogens is 3. The summed E-state index contributed by atoms with van der Waals surface area (Å²) < 4.78 is 2.51. The molecule has 2 N–H and O–H groups in total. The van der Waals surface area contributed by atoms with Gasteiger partial charge in [-0.25, -0.2) is 4.98 Å². The maximum atomic E-state index is 13.5. The molecule has 1 aliphatic carbocycles. The molecule has 5 rings (SSSR count). The Bertz CT molecular complexity index is 1340. The van der Waals surface area contributed by atoms with Crippen LogP contribution in [0.3, 0.4) is 0 Å². The average molecular weight is 511 g/mol. The van der Waals surface area contributed by atoms with Crippen molar-refractivity contribution in [2.75, 3.05) is 5.75 Å². The van der Waals surface area contributed by atoms with Crippen LogP contribution in [0.25, 0.3) is 27.6 Å². The first kappa shape index (κ1) is 21.3. The Hall–Kier alpha value is -2.58. The van der Waals surface area contributed by atoms with Gasteiger partial charge in [0.05, 0.1) is 11.4 Å². The van der Waals surface area contributed by atoms with Gasteiger partial charge >= 0.3 is 0 Å². The number of fused-ring (bicyclic) bond motifs is 3. The second kappa shape index (κ2) is 9.11. The first-order valence-corrected chi connectivity index (χ1v) is 12.6. The topological polar surface area (TPSA) is 79.8 Å². The zero-order valence-corrected chi connectivity index (χ0v) is 19.8. The SMILES string of the molecule is O=C(CSc1nc2c([nH]c3ccc(Br)cc32)c(=O)n1-c1ccccc1)NC1CCCCC1. The lowest BCUT2D eigenvalue weighted by Crippen LogP contribution is -2.37. The Morgan fingerprint density at radius 3 is 2.72 bits per heavy atom. The molecule has 0 spiro atoms. The van der Waals surface area contributed by atoms with E-state index in [0.29, 0.717) is 16.2 Å². The minimum atomic E-state index is -0.177. The zero-order valence-electron chi connectivity index (χ0n) is 17.4. The van der Waals surface area contributed by atoms with E-state index in [4.69, 9.17) is 4.98 Å². The lowest BCUT2D eigenvalue weighted by molar-refractivity contribution is -0.119. The van der Waals surface area contributed by atoms with E-state index in [0.717, 1.165) is 33.9 Å². The molecule has 0 aliphatic heterocycles. The Kier molecular flexibility index (Phi) is 6.06. The number of aromatic amines is 1. The van der Waals surface area contributed by atoms with E-state index in [-0.39, 0.29) is 23.3 Å². The molecule has 1 saturated carbocycles. The maximum absolute atomic E-state index is 13.5.